The third kappa shape index (κ3) is 1.53. The predicted molar refractivity (Wildman–Crippen MR) is 56.5 cm³/mol. The highest BCUT2D eigenvalue weighted by atomic mass is 16.5. The van der Waals surface area contributed by atoms with Crippen molar-refractivity contribution in [2.24, 2.45) is 11.1 Å². The van der Waals surface area contributed by atoms with Crippen LogP contribution in [-0.2, 0) is 9.53 Å². The third-order valence-corrected chi connectivity index (χ3v) is 2.87. The molecule has 1 aliphatic rings. The lowest BCUT2D eigenvalue weighted by Gasteiger charge is -2.41. The van der Waals surface area contributed by atoms with Crippen LogP contribution in [0.1, 0.15) is 0 Å². The number of hydrogen-bond donors (Lipinski definition) is 2. The van der Waals surface area contributed by atoms with Gasteiger partial charge < -0.3 is 20.4 Å². The molecule has 2 rings (SSSR count). The molecule has 0 unspecified atom stereocenters. The quantitative estimate of drug-likeness (QED) is 0.733. The Kier molecular flexibility index (Phi) is 2.50. The molecule has 0 radical (unpaired) electrons. The molecule has 0 saturated carbocycles. The molecule has 0 spiro atoms. The molecule has 1 aliphatic heterocycles. The van der Waals surface area contributed by atoms with Gasteiger partial charge in [0.25, 0.3) is 0 Å². The fourth-order valence-corrected chi connectivity index (χ4v) is 1.67. The van der Waals surface area contributed by atoms with Gasteiger partial charge in [0, 0.05) is 26.0 Å². The van der Waals surface area contributed by atoms with Crippen LogP contribution in [0, 0.1) is 5.41 Å². The second kappa shape index (κ2) is 3.67. The van der Waals surface area contributed by atoms with Crippen LogP contribution in [0.2, 0.25) is 0 Å². The van der Waals surface area contributed by atoms with Gasteiger partial charge in [0.15, 0.2) is 0 Å². The Labute approximate surface area is 88.2 Å². The van der Waals surface area contributed by atoms with E-state index in [4.69, 9.17) is 10.5 Å². The van der Waals surface area contributed by atoms with Crippen molar-refractivity contribution >= 4 is 11.6 Å². The van der Waals surface area contributed by atoms with E-state index in [1.807, 2.05) is 6.07 Å². The molecular formula is C10H15N3O2. The average Bonchev–Trinajstić information content (AvgIpc) is 2.68. The number of carbonyl (C=O) groups is 1. The summed E-state index contributed by atoms with van der Waals surface area (Å²) < 4.78 is 5.08. The summed E-state index contributed by atoms with van der Waals surface area (Å²) in [4.78, 5) is 16.7. The minimum Gasteiger partial charge on any atom is -0.379 e. The summed E-state index contributed by atoms with van der Waals surface area (Å²) in [7, 11) is 1.75. The highest BCUT2D eigenvalue weighted by Gasteiger charge is 2.46. The summed E-state index contributed by atoms with van der Waals surface area (Å²) >= 11 is 0. The maximum Gasteiger partial charge on any atom is 0.238 e. The van der Waals surface area contributed by atoms with Gasteiger partial charge in [-0.1, -0.05) is 0 Å². The van der Waals surface area contributed by atoms with E-state index >= 15 is 0 Å². The van der Waals surface area contributed by atoms with E-state index < -0.39 is 5.41 Å². The van der Waals surface area contributed by atoms with Crippen LogP contribution < -0.4 is 10.6 Å². The van der Waals surface area contributed by atoms with Gasteiger partial charge in [-0.15, -0.1) is 0 Å². The van der Waals surface area contributed by atoms with Crippen LogP contribution in [0.3, 0.4) is 0 Å². The van der Waals surface area contributed by atoms with Crippen LogP contribution in [0.4, 0.5) is 5.69 Å². The maximum atomic E-state index is 12.1. The van der Waals surface area contributed by atoms with E-state index in [1.165, 1.54) is 0 Å². The van der Waals surface area contributed by atoms with Crippen molar-refractivity contribution < 1.29 is 9.53 Å². The first-order valence-corrected chi connectivity index (χ1v) is 4.88. The molecule has 1 fully saturated rings. The number of rotatable bonds is 3. The highest BCUT2D eigenvalue weighted by molar-refractivity contribution is 5.98. The Hall–Kier alpha value is -1.33. The van der Waals surface area contributed by atoms with E-state index in [9.17, 15) is 4.79 Å². The van der Waals surface area contributed by atoms with Gasteiger partial charge in [-0.25, -0.2) is 0 Å². The molecule has 5 heteroatoms. The predicted octanol–water partition coefficient (Wildman–Crippen LogP) is -0.0472. The first kappa shape index (κ1) is 10.2. The number of aromatic nitrogens is 1. The van der Waals surface area contributed by atoms with Crippen molar-refractivity contribution in [3.63, 3.8) is 0 Å². The van der Waals surface area contributed by atoms with E-state index in [1.54, 1.807) is 24.3 Å². The zero-order chi connectivity index (χ0) is 10.9. The topological polar surface area (TPSA) is 71.3 Å². The van der Waals surface area contributed by atoms with Gasteiger partial charge in [-0.3, -0.25) is 4.79 Å². The van der Waals surface area contributed by atoms with Crippen LogP contribution in [0.5, 0.6) is 0 Å². The summed E-state index contributed by atoms with van der Waals surface area (Å²) in [5.41, 5.74) is 5.96. The van der Waals surface area contributed by atoms with Crippen LogP contribution in [0.15, 0.2) is 18.5 Å². The Morgan fingerprint density at radius 2 is 2.47 bits per heavy atom. The number of amides is 1. The number of aromatic amines is 1. The Bertz CT molecular complexity index is 338. The SMILES string of the molecule is CN(C(=O)C1(CN)COC1)c1cc[nH]c1. The Morgan fingerprint density at radius 1 is 1.73 bits per heavy atom. The van der Waals surface area contributed by atoms with Crippen molar-refractivity contribution in [2.45, 2.75) is 0 Å². The van der Waals surface area contributed by atoms with Gasteiger partial charge in [0.1, 0.15) is 5.41 Å². The van der Waals surface area contributed by atoms with Gasteiger partial charge in [-0.2, -0.15) is 0 Å². The number of nitrogens with zero attached hydrogens (tertiary/aromatic N) is 1. The second-order valence-corrected chi connectivity index (χ2v) is 3.91. The summed E-state index contributed by atoms with van der Waals surface area (Å²) in [6.07, 6.45) is 3.56. The van der Waals surface area contributed by atoms with Gasteiger partial charge in [0.05, 0.1) is 18.9 Å². The monoisotopic (exact) mass is 209 g/mol. The van der Waals surface area contributed by atoms with E-state index in [2.05, 4.69) is 4.98 Å². The highest BCUT2D eigenvalue weighted by Crippen LogP contribution is 2.30. The molecular weight excluding hydrogens is 194 g/mol. The molecule has 2 heterocycles. The summed E-state index contributed by atoms with van der Waals surface area (Å²) in [5, 5.41) is 0. The number of nitrogens with two attached hydrogens (primary N) is 1. The first-order chi connectivity index (χ1) is 7.19. The molecule has 5 nitrogen and oxygen atoms in total. The largest absolute Gasteiger partial charge is 0.379 e. The van der Waals surface area contributed by atoms with E-state index in [0.29, 0.717) is 19.8 Å². The zero-order valence-corrected chi connectivity index (χ0v) is 8.69. The molecule has 1 aromatic rings. The summed E-state index contributed by atoms with van der Waals surface area (Å²) in [5.74, 6) is 0.0239. The molecule has 1 amide bonds. The minimum absolute atomic E-state index is 0.0239. The molecule has 0 bridgehead atoms. The molecule has 1 saturated heterocycles. The molecule has 3 N–H and O–H groups in total. The molecule has 0 aromatic carbocycles. The van der Waals surface area contributed by atoms with Crippen molar-refractivity contribution in [3.8, 4) is 0 Å². The zero-order valence-electron chi connectivity index (χ0n) is 8.69. The molecule has 0 aliphatic carbocycles. The molecule has 0 atom stereocenters. The number of anilines is 1. The summed E-state index contributed by atoms with van der Waals surface area (Å²) in [6.45, 7) is 1.19. The third-order valence-electron chi connectivity index (χ3n) is 2.87. The van der Waals surface area contributed by atoms with Crippen molar-refractivity contribution in [1.29, 1.82) is 0 Å². The van der Waals surface area contributed by atoms with Gasteiger partial charge in [-0.05, 0) is 6.07 Å². The van der Waals surface area contributed by atoms with E-state index in [0.717, 1.165) is 5.69 Å². The lowest BCUT2D eigenvalue weighted by atomic mass is 9.84. The second-order valence-electron chi connectivity index (χ2n) is 3.91. The Balaban J connectivity index is 2.14. The van der Waals surface area contributed by atoms with Crippen LogP contribution in [-0.4, -0.2) is 37.7 Å². The number of hydrogen-bond acceptors (Lipinski definition) is 3. The smallest absolute Gasteiger partial charge is 0.238 e. The fourth-order valence-electron chi connectivity index (χ4n) is 1.67. The van der Waals surface area contributed by atoms with Crippen LogP contribution >= 0.6 is 0 Å². The maximum absolute atomic E-state index is 12.1. The molecule has 1 aromatic heterocycles. The van der Waals surface area contributed by atoms with Gasteiger partial charge >= 0.3 is 0 Å². The standard InChI is InChI=1S/C10H15N3O2/c1-13(8-2-3-12-4-8)9(14)10(5-11)6-15-7-10/h2-4,12H,5-7,11H2,1H3. The lowest BCUT2D eigenvalue weighted by Crippen LogP contribution is -2.58. The van der Waals surface area contributed by atoms with Crippen molar-refractivity contribution in [2.75, 3.05) is 31.7 Å². The number of ether oxygens (including phenoxy) is 1. The minimum atomic E-state index is -0.508. The lowest BCUT2D eigenvalue weighted by molar-refractivity contribution is -0.156. The Morgan fingerprint density at radius 3 is 2.87 bits per heavy atom. The van der Waals surface area contributed by atoms with Gasteiger partial charge in [0.2, 0.25) is 5.91 Å². The first-order valence-electron chi connectivity index (χ1n) is 4.88. The normalized spacial score (nSPS) is 18.3. The van der Waals surface area contributed by atoms with Crippen molar-refractivity contribution in [3.05, 3.63) is 18.5 Å². The van der Waals surface area contributed by atoms with Crippen LogP contribution in [0.25, 0.3) is 0 Å². The summed E-state index contributed by atoms with van der Waals surface area (Å²) in [6, 6.07) is 1.85. The average molecular weight is 209 g/mol. The van der Waals surface area contributed by atoms with E-state index in [-0.39, 0.29) is 5.91 Å². The van der Waals surface area contributed by atoms with Crippen molar-refractivity contribution in [1.82, 2.24) is 4.98 Å². The molecule has 15 heavy (non-hydrogen) atoms. The number of nitrogens with one attached hydrogen (secondary N) is 1. The number of carbonyl (C=O) groups excluding carboxylic acids is 1. The fraction of sp³-hybridized carbons (Fsp3) is 0.500. The number of H-pyrrole nitrogens is 1. The molecule has 82 valence electrons.